The Hall–Kier alpha value is -1.93. The highest BCUT2D eigenvalue weighted by atomic mass is 32.1. The van der Waals surface area contributed by atoms with Crippen molar-refractivity contribution in [3.8, 4) is 5.75 Å². The maximum absolute atomic E-state index is 5.86. The zero-order valence-corrected chi connectivity index (χ0v) is 15.4. The molecule has 1 nitrogen and oxygen atoms in total. The second-order valence-corrected chi connectivity index (χ2v) is 6.32. The molecular weight excluding hydrogens is 312 g/mol. The van der Waals surface area contributed by atoms with Crippen molar-refractivity contribution in [1.29, 1.82) is 0 Å². The van der Waals surface area contributed by atoms with Crippen LogP contribution in [0, 0.1) is 0 Å². The Morgan fingerprint density at radius 2 is 1.75 bits per heavy atom. The van der Waals surface area contributed by atoms with Gasteiger partial charge in [0, 0.05) is 10.4 Å². The van der Waals surface area contributed by atoms with Crippen LogP contribution in [0.3, 0.4) is 0 Å². The van der Waals surface area contributed by atoms with E-state index in [2.05, 4.69) is 44.2 Å². The number of thiocarbonyl (C=S) groups is 1. The first-order chi connectivity index (χ1) is 11.7. The van der Waals surface area contributed by atoms with E-state index in [-0.39, 0.29) is 0 Å². The maximum atomic E-state index is 5.86. The average Bonchev–Trinajstić information content (AvgIpc) is 2.62. The van der Waals surface area contributed by atoms with Crippen molar-refractivity contribution in [1.82, 2.24) is 0 Å². The Balaban J connectivity index is 2.05. The molecule has 0 heterocycles. The summed E-state index contributed by atoms with van der Waals surface area (Å²) in [4.78, 5) is 0.849. The summed E-state index contributed by atoms with van der Waals surface area (Å²) in [6.45, 7) is 5.12. The van der Waals surface area contributed by atoms with Crippen molar-refractivity contribution >= 4 is 23.2 Å². The molecule has 0 amide bonds. The molecule has 0 saturated heterocycles. The molecule has 0 aliphatic heterocycles. The van der Waals surface area contributed by atoms with E-state index in [1.807, 2.05) is 30.4 Å². The Bertz CT molecular complexity index is 671. The number of hydrogen-bond acceptors (Lipinski definition) is 2. The molecule has 0 N–H and O–H groups in total. The highest BCUT2D eigenvalue weighted by molar-refractivity contribution is 7.81. The second kappa shape index (κ2) is 10.0. The van der Waals surface area contributed by atoms with Gasteiger partial charge in [0.2, 0.25) is 0 Å². The van der Waals surface area contributed by atoms with Crippen molar-refractivity contribution in [2.45, 2.75) is 39.5 Å². The topological polar surface area (TPSA) is 9.23 Å². The van der Waals surface area contributed by atoms with Crippen LogP contribution in [0.4, 0.5) is 0 Å². The highest BCUT2D eigenvalue weighted by Gasteiger charge is 2.01. The number of unbranched alkanes of at least 4 members (excludes halogenated alkanes) is 1. The minimum absolute atomic E-state index is 0.755. The van der Waals surface area contributed by atoms with E-state index < -0.39 is 0 Å². The normalized spacial score (nSPS) is 10.9. The van der Waals surface area contributed by atoms with Crippen molar-refractivity contribution < 1.29 is 4.74 Å². The van der Waals surface area contributed by atoms with Crippen molar-refractivity contribution in [3.05, 3.63) is 71.3 Å². The zero-order chi connectivity index (χ0) is 17.2. The van der Waals surface area contributed by atoms with Crippen LogP contribution in [-0.2, 0) is 6.42 Å². The van der Waals surface area contributed by atoms with Crippen molar-refractivity contribution in [3.63, 3.8) is 0 Å². The molecule has 0 radical (unpaired) electrons. The molecule has 0 spiro atoms. The molecule has 0 aliphatic carbocycles. The van der Waals surface area contributed by atoms with Crippen LogP contribution >= 0.6 is 12.2 Å². The third-order valence-corrected chi connectivity index (χ3v) is 4.24. The van der Waals surface area contributed by atoms with Crippen LogP contribution in [0.1, 0.15) is 49.8 Å². The fraction of sp³-hybridized carbons (Fsp3) is 0.318. The van der Waals surface area contributed by atoms with E-state index in [4.69, 9.17) is 17.0 Å². The minimum atomic E-state index is 0.755. The van der Waals surface area contributed by atoms with Crippen molar-refractivity contribution in [2.75, 3.05) is 6.61 Å². The number of aryl methyl sites for hydroxylation is 1. The number of para-hydroxylation sites is 1. The lowest BCUT2D eigenvalue weighted by molar-refractivity contribution is 0.309. The number of allylic oxidation sites excluding steroid dienone is 1. The molecule has 24 heavy (non-hydrogen) atoms. The van der Waals surface area contributed by atoms with Crippen LogP contribution in [0.25, 0.3) is 6.08 Å². The lowest BCUT2D eigenvalue weighted by Crippen LogP contribution is -1.98. The van der Waals surface area contributed by atoms with Gasteiger partial charge in [-0.05, 0) is 42.2 Å². The molecule has 2 heteroatoms. The predicted molar refractivity (Wildman–Crippen MR) is 108 cm³/mol. The molecule has 126 valence electrons. The summed E-state index contributed by atoms with van der Waals surface area (Å²) in [5, 5.41) is 0. The Morgan fingerprint density at radius 3 is 2.46 bits per heavy atom. The van der Waals surface area contributed by atoms with E-state index >= 15 is 0 Å². The van der Waals surface area contributed by atoms with Gasteiger partial charge in [-0.3, -0.25) is 0 Å². The zero-order valence-electron chi connectivity index (χ0n) is 14.6. The van der Waals surface area contributed by atoms with E-state index in [1.165, 1.54) is 12.0 Å². The van der Waals surface area contributed by atoms with Gasteiger partial charge in [-0.15, -0.1) is 0 Å². The van der Waals surface area contributed by atoms with Gasteiger partial charge in [-0.25, -0.2) is 0 Å². The largest absolute Gasteiger partial charge is 0.493 e. The fourth-order valence-corrected chi connectivity index (χ4v) is 2.67. The molecule has 2 aromatic carbocycles. The van der Waals surface area contributed by atoms with Gasteiger partial charge in [-0.2, -0.15) is 0 Å². The number of rotatable bonds is 9. The number of benzene rings is 2. The molecule has 0 bridgehead atoms. The predicted octanol–water partition coefficient (Wildman–Crippen LogP) is 6.25. The third kappa shape index (κ3) is 5.61. The Kier molecular flexibility index (Phi) is 7.70. The smallest absolute Gasteiger partial charge is 0.126 e. The molecule has 0 saturated carbocycles. The van der Waals surface area contributed by atoms with E-state index in [9.17, 15) is 0 Å². The fourth-order valence-electron chi connectivity index (χ4n) is 2.46. The van der Waals surface area contributed by atoms with Gasteiger partial charge < -0.3 is 4.74 Å². The monoisotopic (exact) mass is 338 g/mol. The van der Waals surface area contributed by atoms with Gasteiger partial charge in [0.15, 0.2) is 0 Å². The van der Waals surface area contributed by atoms with Crippen molar-refractivity contribution in [2.24, 2.45) is 0 Å². The van der Waals surface area contributed by atoms with Crippen LogP contribution in [0.2, 0.25) is 0 Å². The molecule has 2 aromatic rings. The molecule has 0 fully saturated rings. The SMILES string of the molecule is CCCCOc1ccccc1C=CC(=S)c1ccc(CCC)cc1. The van der Waals surface area contributed by atoms with Gasteiger partial charge in [-0.1, -0.05) is 81.4 Å². The van der Waals surface area contributed by atoms with E-state index in [1.54, 1.807) is 0 Å². The van der Waals surface area contributed by atoms with E-state index in [0.29, 0.717) is 0 Å². The van der Waals surface area contributed by atoms with Crippen LogP contribution in [-0.4, -0.2) is 11.5 Å². The molecule has 2 rings (SSSR count). The summed E-state index contributed by atoms with van der Waals surface area (Å²) in [5.74, 6) is 0.920. The lowest BCUT2D eigenvalue weighted by Gasteiger charge is -2.08. The standard InChI is InChI=1S/C22H26OS/c1-3-5-17-23-21-10-7-6-9-19(21)15-16-22(24)20-13-11-18(8-4-2)12-14-20/h6-7,9-16H,3-5,8,17H2,1-2H3. The summed E-state index contributed by atoms with van der Waals surface area (Å²) >= 11 is 5.55. The highest BCUT2D eigenvalue weighted by Crippen LogP contribution is 2.20. The Labute approximate surface area is 151 Å². The van der Waals surface area contributed by atoms with Gasteiger partial charge in [0.05, 0.1) is 6.61 Å². The van der Waals surface area contributed by atoms with Crippen LogP contribution < -0.4 is 4.74 Å². The second-order valence-electron chi connectivity index (χ2n) is 5.88. The Morgan fingerprint density at radius 1 is 1.00 bits per heavy atom. The molecular formula is C22H26OS. The lowest BCUT2D eigenvalue weighted by atomic mass is 10.1. The molecule has 0 atom stereocenters. The van der Waals surface area contributed by atoms with Gasteiger partial charge in [0.25, 0.3) is 0 Å². The third-order valence-electron chi connectivity index (χ3n) is 3.87. The van der Waals surface area contributed by atoms with Crippen LogP contribution in [0.5, 0.6) is 5.75 Å². The average molecular weight is 339 g/mol. The molecule has 0 unspecified atom stereocenters. The maximum Gasteiger partial charge on any atom is 0.126 e. The van der Waals surface area contributed by atoms with E-state index in [0.717, 1.165) is 47.6 Å². The minimum Gasteiger partial charge on any atom is -0.493 e. The van der Waals surface area contributed by atoms with Gasteiger partial charge >= 0.3 is 0 Å². The summed E-state index contributed by atoms with van der Waals surface area (Å²) in [6, 6.07) is 16.7. The summed E-state index contributed by atoms with van der Waals surface area (Å²) in [7, 11) is 0. The van der Waals surface area contributed by atoms with Crippen LogP contribution in [0.15, 0.2) is 54.6 Å². The quantitative estimate of drug-likeness (QED) is 0.231. The van der Waals surface area contributed by atoms with Gasteiger partial charge in [0.1, 0.15) is 5.75 Å². The first kappa shape index (κ1) is 18.4. The number of hydrogen-bond donors (Lipinski definition) is 0. The first-order valence-electron chi connectivity index (χ1n) is 8.77. The first-order valence-corrected chi connectivity index (χ1v) is 9.18. The number of ether oxygens (including phenoxy) is 1. The summed E-state index contributed by atoms with van der Waals surface area (Å²) in [6.07, 6.45) is 8.52. The summed E-state index contributed by atoms with van der Waals surface area (Å²) in [5.41, 5.74) is 3.52. The summed E-state index contributed by atoms with van der Waals surface area (Å²) < 4.78 is 5.86. The molecule has 0 aliphatic rings. The molecule has 0 aromatic heterocycles.